The number of aromatic nitrogens is 6. The number of hydrogen-bond acceptors (Lipinski definition) is 6. The van der Waals surface area contributed by atoms with Gasteiger partial charge in [0.15, 0.2) is 11.6 Å². The molecule has 0 amide bonds. The van der Waals surface area contributed by atoms with Gasteiger partial charge in [0.1, 0.15) is 11.4 Å². The molecule has 0 aliphatic carbocycles. The Hall–Kier alpha value is -3.13. The highest BCUT2D eigenvalue weighted by Crippen LogP contribution is 2.32. The third-order valence-corrected chi connectivity index (χ3v) is 4.84. The molecule has 0 atom stereocenters. The Morgan fingerprint density at radius 2 is 1.89 bits per heavy atom. The van der Waals surface area contributed by atoms with Crippen molar-refractivity contribution in [1.82, 2.24) is 29.7 Å². The summed E-state index contributed by atoms with van der Waals surface area (Å²) in [5.41, 5.74) is 2.07. The van der Waals surface area contributed by atoms with Crippen LogP contribution >= 0.6 is 11.8 Å². The first-order valence-electron chi connectivity index (χ1n) is 8.36. The summed E-state index contributed by atoms with van der Waals surface area (Å²) in [5, 5.41) is 9.34. The van der Waals surface area contributed by atoms with Crippen molar-refractivity contribution in [1.29, 1.82) is 0 Å². The molecule has 4 aromatic rings. The molecular weight excluding hydrogens is 363 g/mol. The van der Waals surface area contributed by atoms with Gasteiger partial charge in [0, 0.05) is 23.6 Å². The van der Waals surface area contributed by atoms with Crippen LogP contribution in [-0.4, -0.2) is 29.7 Å². The Bertz CT molecular complexity index is 1050. The minimum absolute atomic E-state index is 0.226. The third-order valence-electron chi connectivity index (χ3n) is 3.92. The molecule has 0 saturated carbocycles. The lowest BCUT2D eigenvalue weighted by atomic mass is 10.2. The zero-order valence-corrected chi connectivity index (χ0v) is 15.3. The average Bonchev–Trinajstić information content (AvgIpc) is 3.14. The molecule has 1 aromatic carbocycles. The Balaban J connectivity index is 1.84. The van der Waals surface area contributed by atoms with Gasteiger partial charge in [-0.3, -0.25) is 9.55 Å². The van der Waals surface area contributed by atoms with Crippen LogP contribution in [0.15, 0.2) is 71.4 Å². The van der Waals surface area contributed by atoms with E-state index in [2.05, 4.69) is 25.1 Å². The van der Waals surface area contributed by atoms with Crippen molar-refractivity contribution in [3.05, 3.63) is 72.7 Å². The monoisotopic (exact) mass is 378 g/mol. The largest absolute Gasteiger partial charge is 0.270 e. The number of rotatable bonds is 5. The zero-order chi connectivity index (χ0) is 18.6. The van der Waals surface area contributed by atoms with Crippen molar-refractivity contribution >= 4 is 11.8 Å². The van der Waals surface area contributed by atoms with Crippen molar-refractivity contribution < 1.29 is 4.39 Å². The Labute approximate surface area is 159 Å². The molecule has 27 heavy (non-hydrogen) atoms. The van der Waals surface area contributed by atoms with E-state index in [4.69, 9.17) is 0 Å². The van der Waals surface area contributed by atoms with E-state index in [0.717, 1.165) is 23.0 Å². The summed E-state index contributed by atoms with van der Waals surface area (Å²) in [5.74, 6) is 0.206. The van der Waals surface area contributed by atoms with Gasteiger partial charge in [-0.25, -0.2) is 14.4 Å². The maximum atomic E-state index is 14.6. The first-order chi connectivity index (χ1) is 13.3. The lowest BCUT2D eigenvalue weighted by Gasteiger charge is -2.10. The molecule has 0 radical (unpaired) electrons. The molecule has 8 heteroatoms. The number of nitrogens with zero attached hydrogens (tertiary/aromatic N) is 6. The van der Waals surface area contributed by atoms with Crippen molar-refractivity contribution in [2.75, 3.05) is 0 Å². The Morgan fingerprint density at radius 1 is 1.04 bits per heavy atom. The summed E-state index contributed by atoms with van der Waals surface area (Å²) in [7, 11) is 0. The van der Waals surface area contributed by atoms with Crippen molar-refractivity contribution in [2.24, 2.45) is 0 Å². The summed E-state index contributed by atoms with van der Waals surface area (Å²) in [6.07, 6.45) is 5.28. The molecule has 0 saturated heterocycles. The summed E-state index contributed by atoms with van der Waals surface area (Å²) < 4.78 is 16.5. The zero-order valence-electron chi connectivity index (χ0n) is 14.5. The topological polar surface area (TPSA) is 69.4 Å². The highest BCUT2D eigenvalue weighted by Gasteiger charge is 2.20. The van der Waals surface area contributed by atoms with Gasteiger partial charge in [-0.1, -0.05) is 25.1 Å². The minimum atomic E-state index is -0.421. The van der Waals surface area contributed by atoms with Crippen LogP contribution in [0.5, 0.6) is 0 Å². The van der Waals surface area contributed by atoms with Crippen LogP contribution in [0.2, 0.25) is 0 Å². The van der Waals surface area contributed by atoms with Crippen LogP contribution in [0, 0.1) is 5.82 Å². The van der Waals surface area contributed by atoms with Crippen molar-refractivity contribution in [2.45, 2.75) is 23.5 Å². The fraction of sp³-hybridized carbons (Fsp3) is 0.105. The normalized spacial score (nSPS) is 10.9. The van der Waals surface area contributed by atoms with Gasteiger partial charge in [0.25, 0.3) is 0 Å². The Morgan fingerprint density at radius 3 is 2.63 bits per heavy atom. The van der Waals surface area contributed by atoms with Gasteiger partial charge in [-0.15, -0.1) is 10.2 Å². The van der Waals surface area contributed by atoms with E-state index in [1.807, 2.05) is 54.0 Å². The van der Waals surface area contributed by atoms with Gasteiger partial charge in [-0.05, 0) is 42.4 Å². The molecule has 0 spiro atoms. The maximum absolute atomic E-state index is 14.6. The molecule has 134 valence electrons. The van der Waals surface area contributed by atoms with Gasteiger partial charge >= 0.3 is 0 Å². The number of para-hydroxylation sites is 1. The van der Waals surface area contributed by atoms with E-state index in [-0.39, 0.29) is 5.03 Å². The minimum Gasteiger partial charge on any atom is -0.270 e. The van der Waals surface area contributed by atoms with Crippen molar-refractivity contribution in [3.8, 4) is 17.1 Å². The Kier molecular flexibility index (Phi) is 4.88. The van der Waals surface area contributed by atoms with E-state index in [9.17, 15) is 4.39 Å². The molecule has 6 nitrogen and oxygen atoms in total. The van der Waals surface area contributed by atoms with Gasteiger partial charge in [0.05, 0.1) is 5.69 Å². The molecule has 0 aliphatic heterocycles. The van der Waals surface area contributed by atoms with Crippen LogP contribution in [-0.2, 0) is 6.42 Å². The second-order valence-corrected chi connectivity index (χ2v) is 6.57. The van der Waals surface area contributed by atoms with Crippen LogP contribution in [0.1, 0.15) is 12.6 Å². The van der Waals surface area contributed by atoms with Crippen LogP contribution in [0.4, 0.5) is 4.39 Å². The van der Waals surface area contributed by atoms with Crippen molar-refractivity contribution in [3.63, 3.8) is 0 Å². The smallest absolute Gasteiger partial charge is 0.202 e. The van der Waals surface area contributed by atoms with E-state index in [0.29, 0.717) is 23.1 Å². The summed E-state index contributed by atoms with van der Waals surface area (Å²) in [4.78, 5) is 12.2. The lowest BCUT2D eigenvalue weighted by molar-refractivity contribution is 0.559. The number of hydrogen-bond donors (Lipinski definition) is 0. The summed E-state index contributed by atoms with van der Waals surface area (Å²) in [6.45, 7) is 1.85. The fourth-order valence-electron chi connectivity index (χ4n) is 2.62. The molecule has 0 unspecified atom stereocenters. The molecule has 0 aliphatic rings. The molecule has 0 bridgehead atoms. The van der Waals surface area contributed by atoms with Gasteiger partial charge in [-0.2, -0.15) is 0 Å². The van der Waals surface area contributed by atoms with Gasteiger partial charge < -0.3 is 0 Å². The molecule has 3 aromatic heterocycles. The molecule has 0 N–H and O–H groups in total. The lowest BCUT2D eigenvalue weighted by Crippen LogP contribution is -2.02. The van der Waals surface area contributed by atoms with E-state index < -0.39 is 5.82 Å². The number of pyridine rings is 1. The SMILES string of the molecule is CCc1ncnc(Sc2nnc(-c3cccnc3)n2-c2ccccc2)c1F. The summed E-state index contributed by atoms with van der Waals surface area (Å²) in [6, 6.07) is 13.4. The predicted molar refractivity (Wildman–Crippen MR) is 100 cm³/mol. The van der Waals surface area contributed by atoms with Crippen LogP contribution in [0.3, 0.4) is 0 Å². The maximum Gasteiger partial charge on any atom is 0.202 e. The predicted octanol–water partition coefficient (Wildman–Crippen LogP) is 3.97. The highest BCUT2D eigenvalue weighted by atomic mass is 32.2. The van der Waals surface area contributed by atoms with Crippen LogP contribution < -0.4 is 0 Å². The second kappa shape index (κ2) is 7.63. The fourth-order valence-corrected chi connectivity index (χ4v) is 3.46. The summed E-state index contributed by atoms with van der Waals surface area (Å²) >= 11 is 1.12. The average molecular weight is 378 g/mol. The van der Waals surface area contributed by atoms with E-state index in [1.165, 1.54) is 6.33 Å². The number of benzene rings is 1. The quantitative estimate of drug-likeness (QED) is 0.490. The second-order valence-electron chi connectivity index (χ2n) is 5.61. The van der Waals surface area contributed by atoms with Crippen LogP contribution in [0.25, 0.3) is 17.1 Å². The first kappa shape index (κ1) is 17.3. The molecule has 4 rings (SSSR count). The first-order valence-corrected chi connectivity index (χ1v) is 9.18. The van der Waals surface area contributed by atoms with Gasteiger partial charge in [0.2, 0.25) is 5.16 Å². The van der Waals surface area contributed by atoms with E-state index in [1.54, 1.807) is 12.4 Å². The molecular formula is C19H15FN6S. The molecule has 3 heterocycles. The standard InChI is InChI=1S/C19H15FN6S/c1-2-15-16(20)18(23-12-22-15)27-19-25-24-17(13-7-6-10-21-11-13)26(19)14-8-4-3-5-9-14/h3-12H,2H2,1H3. The molecule has 0 fully saturated rings. The number of aryl methyl sites for hydroxylation is 1. The third kappa shape index (κ3) is 3.43. The number of halogens is 1. The van der Waals surface area contributed by atoms with E-state index >= 15 is 0 Å². The highest BCUT2D eigenvalue weighted by molar-refractivity contribution is 7.99.